The number of benzene rings is 2. The molecule has 2 aliphatic heterocycles. The Morgan fingerprint density at radius 2 is 0.878 bits per heavy atom. The number of nitrogens with zero attached hydrogens (tertiary/aromatic N) is 2. The number of rotatable bonds is 8. The summed E-state index contributed by atoms with van der Waals surface area (Å²) in [6.45, 7) is 0. The lowest BCUT2D eigenvalue weighted by atomic mass is 9.71. The zero-order valence-corrected chi connectivity index (χ0v) is 26.6. The minimum atomic E-state index is -6.30. The summed E-state index contributed by atoms with van der Waals surface area (Å²) in [4.78, 5) is 51.7. The second-order valence-corrected chi connectivity index (χ2v) is 15.4. The fourth-order valence-corrected chi connectivity index (χ4v) is 8.76. The van der Waals surface area contributed by atoms with Gasteiger partial charge < -0.3 is 0 Å². The van der Waals surface area contributed by atoms with Gasteiger partial charge in [0.05, 0.1) is 22.3 Å². The highest BCUT2D eigenvalue weighted by Gasteiger charge is 2.73. The molecule has 2 aromatic carbocycles. The summed E-state index contributed by atoms with van der Waals surface area (Å²) in [6, 6.07) is 6.14. The highest BCUT2D eigenvalue weighted by molar-refractivity contribution is 7.89. The second-order valence-electron chi connectivity index (χ2n) is 10.00. The van der Waals surface area contributed by atoms with E-state index in [2.05, 4.69) is 8.57 Å². The first-order valence-electron chi connectivity index (χ1n) is 12.9. The van der Waals surface area contributed by atoms with E-state index in [9.17, 15) is 62.4 Å². The van der Waals surface area contributed by atoms with E-state index in [0.717, 1.165) is 12.1 Å². The van der Waals surface area contributed by atoms with E-state index in [4.69, 9.17) is 0 Å². The molecule has 22 heteroatoms. The molecule has 0 spiro atoms. The molecule has 256 valence electrons. The molecule has 2 aliphatic rings. The molecule has 0 unspecified atom stereocenters. The lowest BCUT2D eigenvalue weighted by Gasteiger charge is -2.38. The lowest BCUT2D eigenvalue weighted by Crippen LogP contribution is -2.55. The van der Waals surface area contributed by atoms with Crippen LogP contribution in [0.15, 0.2) is 79.8 Å². The van der Waals surface area contributed by atoms with Crippen molar-refractivity contribution in [3.8, 4) is 0 Å². The van der Waals surface area contributed by atoms with Crippen LogP contribution in [-0.2, 0) is 34.2 Å². The summed E-state index contributed by atoms with van der Waals surface area (Å²) in [5.74, 6) is -6.41. The quantitative estimate of drug-likeness (QED) is 0.175. The fraction of sp³-hybridized carbons (Fsp3) is 0.111. The van der Waals surface area contributed by atoms with E-state index in [0.29, 0.717) is 34.8 Å². The van der Waals surface area contributed by atoms with E-state index < -0.39 is 103 Å². The van der Waals surface area contributed by atoms with Crippen molar-refractivity contribution < 1.29 is 70.9 Å². The molecule has 4 aromatic rings. The van der Waals surface area contributed by atoms with Crippen molar-refractivity contribution in [1.82, 2.24) is 10.1 Å². The number of hydrogen-bond donors (Lipinski definition) is 0. The number of carbonyl (C=O) groups is 4. The van der Waals surface area contributed by atoms with Gasteiger partial charge in [-0.2, -0.15) is 43.2 Å². The normalized spacial score (nSPS) is 15.7. The topological polar surface area (TPSA) is 161 Å². The number of fused-ring (bicyclic) bond motifs is 2. The van der Waals surface area contributed by atoms with Crippen LogP contribution in [0.3, 0.4) is 0 Å². The minimum Gasteiger partial charge on any atom is -0.266 e. The highest BCUT2D eigenvalue weighted by Crippen LogP contribution is 2.57. The van der Waals surface area contributed by atoms with E-state index >= 15 is 0 Å². The fourth-order valence-electron chi connectivity index (χ4n) is 5.10. The van der Waals surface area contributed by atoms with Gasteiger partial charge in [0, 0.05) is 0 Å². The Morgan fingerprint density at radius 1 is 0.531 bits per heavy atom. The highest BCUT2D eigenvalue weighted by atomic mass is 32.3. The monoisotopic (exact) mass is 766 g/mol. The summed E-state index contributed by atoms with van der Waals surface area (Å²) >= 11 is 1.24. The molecule has 0 fully saturated rings. The van der Waals surface area contributed by atoms with Gasteiger partial charge in [-0.15, -0.1) is 41.4 Å². The van der Waals surface area contributed by atoms with Crippen LogP contribution in [0.4, 0.5) is 26.3 Å². The van der Waals surface area contributed by atoms with Crippen LogP contribution in [-0.4, -0.2) is 62.9 Å². The Hall–Kier alpha value is -4.48. The molecule has 6 rings (SSSR count). The number of amides is 4. The van der Waals surface area contributed by atoms with Crippen LogP contribution in [0.1, 0.15) is 52.6 Å². The predicted molar refractivity (Wildman–Crippen MR) is 152 cm³/mol. The number of halogens is 6. The van der Waals surface area contributed by atoms with E-state index in [-0.39, 0.29) is 34.4 Å². The van der Waals surface area contributed by atoms with Crippen LogP contribution in [0, 0.1) is 0 Å². The maximum atomic E-state index is 15.0. The smallest absolute Gasteiger partial charge is 0.266 e. The summed E-state index contributed by atoms with van der Waals surface area (Å²) in [7, 11) is -9.65. The molecule has 0 saturated heterocycles. The largest absolute Gasteiger partial charge is 0.411 e. The van der Waals surface area contributed by atoms with Crippen molar-refractivity contribution in [2.45, 2.75) is 26.2 Å². The zero-order chi connectivity index (χ0) is 35.9. The van der Waals surface area contributed by atoms with Crippen molar-refractivity contribution in [3.63, 3.8) is 0 Å². The average Bonchev–Trinajstić information content (AvgIpc) is 3.81. The maximum Gasteiger partial charge on any atom is 0.411 e. The Bertz CT molecular complexity index is 2120. The molecule has 12 nitrogen and oxygen atoms in total. The van der Waals surface area contributed by atoms with Gasteiger partial charge >= 0.3 is 32.6 Å². The molecular weight excluding hydrogens is 755 g/mol. The molecule has 2 aromatic heterocycles. The third kappa shape index (κ3) is 5.25. The van der Waals surface area contributed by atoms with Crippen LogP contribution in [0.5, 0.6) is 0 Å². The first-order chi connectivity index (χ1) is 22.7. The molecule has 0 N–H and O–H groups in total. The van der Waals surface area contributed by atoms with Crippen molar-refractivity contribution in [3.05, 3.63) is 105 Å². The molecule has 49 heavy (non-hydrogen) atoms. The zero-order valence-electron chi connectivity index (χ0n) is 23.3. The first kappa shape index (κ1) is 34.4. The summed E-state index contributed by atoms with van der Waals surface area (Å²) in [6.07, 6.45) is -12.6. The third-order valence-corrected chi connectivity index (χ3v) is 12.3. The number of carbonyl (C=O) groups excluding carboxylic acids is 4. The van der Waals surface area contributed by atoms with Gasteiger partial charge in [-0.05, 0) is 58.3 Å². The van der Waals surface area contributed by atoms with Gasteiger partial charge in [-0.1, -0.05) is 24.3 Å². The van der Waals surface area contributed by atoms with E-state index in [1.54, 1.807) is 0 Å². The maximum absolute atomic E-state index is 15.0. The Balaban J connectivity index is 1.44. The van der Waals surface area contributed by atoms with Crippen LogP contribution in [0.25, 0.3) is 0 Å². The first-order valence-corrected chi connectivity index (χ1v) is 17.5. The van der Waals surface area contributed by atoms with Crippen LogP contribution >= 0.6 is 22.7 Å². The summed E-state index contributed by atoms with van der Waals surface area (Å²) in [5.41, 5.74) is -12.2. The van der Waals surface area contributed by atoms with Crippen molar-refractivity contribution in [2.75, 3.05) is 0 Å². The lowest BCUT2D eigenvalue weighted by molar-refractivity contribution is -0.288. The average molecular weight is 767 g/mol. The third-order valence-electron chi connectivity index (χ3n) is 7.24. The number of hydrogen-bond acceptors (Lipinski definition) is 12. The molecule has 0 bridgehead atoms. The van der Waals surface area contributed by atoms with Gasteiger partial charge in [0.1, 0.15) is 8.42 Å². The van der Waals surface area contributed by atoms with Gasteiger partial charge in [0.15, 0.2) is 0 Å². The Labute approximate surface area is 277 Å². The molecule has 4 heterocycles. The van der Waals surface area contributed by atoms with Gasteiger partial charge in [0.2, 0.25) is 5.41 Å². The van der Waals surface area contributed by atoms with Crippen LogP contribution < -0.4 is 0 Å². The summed E-state index contributed by atoms with van der Waals surface area (Å²) in [5, 5.41) is 1.95. The number of thiophene rings is 2. The molecule has 0 atom stereocenters. The predicted octanol–water partition coefficient (Wildman–Crippen LogP) is 5.05. The molecule has 4 amide bonds. The summed E-state index contributed by atoms with van der Waals surface area (Å²) < 4.78 is 148. The standard InChI is InChI=1S/C27H12F6N2O10S4/c28-26(29,30)25(27(31,32)33,13-5-7-15-17(11-13)23(38)34(21(15)36)44-48(40,41)19-3-1-9-46-19)14-6-8-16-18(12-14)24(39)35(22(16)37)45-49(42,43)20-4-2-10-47-20/h1-12H. The molecule has 0 saturated carbocycles. The van der Waals surface area contributed by atoms with Crippen LogP contribution in [0.2, 0.25) is 0 Å². The van der Waals surface area contributed by atoms with E-state index in [1.165, 1.54) is 22.9 Å². The number of alkyl halides is 6. The van der Waals surface area contributed by atoms with Gasteiger partial charge in [-0.25, -0.2) is 0 Å². The van der Waals surface area contributed by atoms with Crippen molar-refractivity contribution in [2.24, 2.45) is 0 Å². The minimum absolute atomic E-state index is 0.0842. The van der Waals surface area contributed by atoms with Gasteiger partial charge in [0.25, 0.3) is 23.6 Å². The second kappa shape index (κ2) is 11.3. The molecule has 0 aliphatic carbocycles. The van der Waals surface area contributed by atoms with Crippen molar-refractivity contribution >= 4 is 66.5 Å². The Morgan fingerprint density at radius 3 is 1.18 bits per heavy atom. The van der Waals surface area contributed by atoms with Gasteiger partial charge in [-0.3, -0.25) is 19.2 Å². The molecule has 0 radical (unpaired) electrons. The number of hydroxylamine groups is 4. The number of imide groups is 2. The SMILES string of the molecule is O=C1c2ccc(C(c3ccc4c(c3)C(=O)N(OS(=O)(=O)c3cccs3)C4=O)(C(F)(F)F)C(F)(F)F)cc2C(=O)N1OS(=O)(=O)c1cccs1. The molecular formula is C27H12F6N2O10S4. The Kier molecular flexibility index (Phi) is 7.92. The van der Waals surface area contributed by atoms with E-state index in [1.807, 2.05) is 0 Å². The van der Waals surface area contributed by atoms with Crippen molar-refractivity contribution in [1.29, 1.82) is 0 Å².